The number of imide groups is 1. The molecule has 4 amide bonds. The minimum Gasteiger partial charge on any atom is -0.323 e. The predicted molar refractivity (Wildman–Crippen MR) is 111 cm³/mol. The third-order valence-corrected chi connectivity index (χ3v) is 6.25. The molecule has 11 heteroatoms. The largest absolute Gasteiger partial charge is 0.332 e. The fourth-order valence-corrected chi connectivity index (χ4v) is 4.29. The van der Waals surface area contributed by atoms with E-state index in [0.29, 0.717) is 18.8 Å². The van der Waals surface area contributed by atoms with Gasteiger partial charge in [0, 0.05) is 14.1 Å². The van der Waals surface area contributed by atoms with Crippen molar-refractivity contribution in [3.8, 4) is 0 Å². The Morgan fingerprint density at radius 1 is 1.19 bits per heavy atom. The molecule has 2 fully saturated rings. The summed E-state index contributed by atoms with van der Waals surface area (Å²) in [5.41, 5.74) is -1.54. The van der Waals surface area contributed by atoms with Crippen molar-refractivity contribution in [1.29, 1.82) is 0 Å². The van der Waals surface area contributed by atoms with E-state index < -0.39 is 35.3 Å². The zero-order valence-corrected chi connectivity index (χ0v) is 17.6. The first-order valence-electron chi connectivity index (χ1n) is 10.1. The summed E-state index contributed by atoms with van der Waals surface area (Å²) >= 11 is 0. The van der Waals surface area contributed by atoms with Crippen LogP contribution in [-0.4, -0.2) is 48.9 Å². The summed E-state index contributed by atoms with van der Waals surface area (Å²) < 4.78 is 2.19. The monoisotopic (exact) mass is 428 g/mol. The van der Waals surface area contributed by atoms with Crippen molar-refractivity contribution in [2.75, 3.05) is 11.9 Å². The Morgan fingerprint density at radius 3 is 2.55 bits per heavy atom. The zero-order valence-electron chi connectivity index (χ0n) is 17.6. The number of amides is 4. The molecule has 1 saturated heterocycles. The highest BCUT2D eigenvalue weighted by molar-refractivity contribution is 6.10. The SMILES string of the molecule is CC1CCC2(CC1)NC(=O)N(CC(=O)Nc1cnc3c(c1)c(=O)n(C)c(=O)n3C)C2=O. The van der Waals surface area contributed by atoms with E-state index in [1.165, 1.54) is 30.9 Å². The van der Waals surface area contributed by atoms with Gasteiger partial charge in [-0.2, -0.15) is 0 Å². The van der Waals surface area contributed by atoms with Gasteiger partial charge in [0.05, 0.1) is 17.3 Å². The Kier molecular flexibility index (Phi) is 4.91. The van der Waals surface area contributed by atoms with E-state index >= 15 is 0 Å². The average Bonchev–Trinajstić information content (AvgIpc) is 2.97. The molecule has 11 nitrogen and oxygen atoms in total. The van der Waals surface area contributed by atoms with E-state index in [4.69, 9.17) is 0 Å². The number of hydrogen-bond acceptors (Lipinski definition) is 6. The van der Waals surface area contributed by atoms with Gasteiger partial charge in [-0.1, -0.05) is 6.92 Å². The lowest BCUT2D eigenvalue weighted by molar-refractivity contribution is -0.135. The van der Waals surface area contributed by atoms with Crippen molar-refractivity contribution in [3.05, 3.63) is 33.1 Å². The Morgan fingerprint density at radius 2 is 1.87 bits per heavy atom. The predicted octanol–water partition coefficient (Wildman–Crippen LogP) is 0.0714. The van der Waals surface area contributed by atoms with Crippen molar-refractivity contribution in [1.82, 2.24) is 24.3 Å². The molecule has 0 aromatic carbocycles. The van der Waals surface area contributed by atoms with Gasteiger partial charge in [-0.05, 0) is 37.7 Å². The molecular formula is C20H24N6O5. The number of hydrogen-bond donors (Lipinski definition) is 2. The highest BCUT2D eigenvalue weighted by atomic mass is 16.2. The van der Waals surface area contributed by atoms with Crippen LogP contribution in [0.1, 0.15) is 32.6 Å². The van der Waals surface area contributed by atoms with E-state index in [1.807, 2.05) is 0 Å². The summed E-state index contributed by atoms with van der Waals surface area (Å²) in [7, 11) is 2.85. The van der Waals surface area contributed by atoms with Gasteiger partial charge in [-0.3, -0.25) is 28.4 Å². The molecule has 164 valence electrons. The van der Waals surface area contributed by atoms with Gasteiger partial charge in [0.15, 0.2) is 0 Å². The van der Waals surface area contributed by atoms with Crippen LogP contribution in [0.5, 0.6) is 0 Å². The first-order valence-corrected chi connectivity index (χ1v) is 10.1. The molecule has 0 bridgehead atoms. The minimum absolute atomic E-state index is 0.160. The van der Waals surface area contributed by atoms with E-state index in [1.54, 1.807) is 0 Å². The summed E-state index contributed by atoms with van der Waals surface area (Å²) in [6.07, 6.45) is 4.12. The number of nitrogens with zero attached hydrogens (tertiary/aromatic N) is 4. The molecule has 2 aliphatic rings. The highest BCUT2D eigenvalue weighted by Crippen LogP contribution is 2.36. The number of aryl methyl sites for hydroxylation is 1. The van der Waals surface area contributed by atoms with Crippen LogP contribution in [0.25, 0.3) is 11.0 Å². The third kappa shape index (κ3) is 3.39. The van der Waals surface area contributed by atoms with E-state index in [2.05, 4.69) is 22.5 Å². The number of carbonyl (C=O) groups is 3. The molecule has 0 unspecified atom stereocenters. The smallest absolute Gasteiger partial charge is 0.323 e. The molecule has 4 rings (SSSR count). The molecule has 1 aliphatic carbocycles. The molecule has 1 aliphatic heterocycles. The second-order valence-electron chi connectivity index (χ2n) is 8.44. The van der Waals surface area contributed by atoms with Gasteiger partial charge >= 0.3 is 11.7 Å². The number of urea groups is 1. The topological polar surface area (TPSA) is 135 Å². The van der Waals surface area contributed by atoms with Gasteiger partial charge in [0.1, 0.15) is 17.7 Å². The van der Waals surface area contributed by atoms with Gasteiger partial charge < -0.3 is 10.6 Å². The zero-order chi connectivity index (χ0) is 22.5. The molecule has 2 aromatic heterocycles. The lowest BCUT2D eigenvalue weighted by Crippen LogP contribution is -2.49. The second-order valence-corrected chi connectivity index (χ2v) is 8.44. The van der Waals surface area contributed by atoms with Gasteiger partial charge in [0.2, 0.25) is 5.91 Å². The number of aromatic nitrogens is 3. The molecular weight excluding hydrogens is 404 g/mol. The second kappa shape index (κ2) is 7.33. The number of carbonyl (C=O) groups excluding carboxylic acids is 3. The number of rotatable bonds is 3. The van der Waals surface area contributed by atoms with Crippen molar-refractivity contribution >= 4 is 34.6 Å². The van der Waals surface area contributed by atoms with Crippen LogP contribution in [0.4, 0.5) is 10.5 Å². The van der Waals surface area contributed by atoms with Crippen LogP contribution in [0.15, 0.2) is 21.9 Å². The van der Waals surface area contributed by atoms with Crippen LogP contribution < -0.4 is 21.9 Å². The first kappa shape index (κ1) is 20.8. The number of nitrogens with one attached hydrogen (secondary N) is 2. The van der Waals surface area contributed by atoms with E-state index in [0.717, 1.165) is 22.3 Å². The van der Waals surface area contributed by atoms with Gasteiger partial charge in [-0.25, -0.2) is 14.6 Å². The van der Waals surface area contributed by atoms with Crippen LogP contribution >= 0.6 is 0 Å². The van der Waals surface area contributed by atoms with Gasteiger partial charge in [-0.15, -0.1) is 0 Å². The van der Waals surface area contributed by atoms with Crippen molar-refractivity contribution in [2.45, 2.75) is 38.1 Å². The van der Waals surface area contributed by atoms with E-state index in [-0.39, 0.29) is 22.6 Å². The summed E-state index contributed by atoms with van der Waals surface area (Å²) in [5.74, 6) is -0.465. The number of fused-ring (bicyclic) bond motifs is 1. The molecule has 31 heavy (non-hydrogen) atoms. The molecule has 1 saturated carbocycles. The van der Waals surface area contributed by atoms with Crippen LogP contribution in [0, 0.1) is 5.92 Å². The van der Waals surface area contributed by atoms with Crippen molar-refractivity contribution < 1.29 is 14.4 Å². The Balaban J connectivity index is 1.52. The normalized spacial score (nSPS) is 23.5. The Bertz CT molecular complexity index is 1220. The van der Waals surface area contributed by atoms with Crippen molar-refractivity contribution in [2.24, 2.45) is 20.0 Å². The fraction of sp³-hybridized carbons (Fsp3) is 0.500. The molecule has 3 heterocycles. The quantitative estimate of drug-likeness (QED) is 0.664. The lowest BCUT2D eigenvalue weighted by atomic mass is 9.77. The molecule has 0 atom stereocenters. The maximum atomic E-state index is 12.9. The molecule has 0 radical (unpaired) electrons. The maximum Gasteiger partial charge on any atom is 0.332 e. The minimum atomic E-state index is -0.911. The first-order chi connectivity index (χ1) is 14.6. The molecule has 2 N–H and O–H groups in total. The summed E-state index contributed by atoms with van der Waals surface area (Å²) in [6, 6.07) is 0.841. The van der Waals surface area contributed by atoms with Crippen LogP contribution in [0.2, 0.25) is 0 Å². The van der Waals surface area contributed by atoms with E-state index in [9.17, 15) is 24.0 Å². The van der Waals surface area contributed by atoms with Crippen LogP contribution in [0.3, 0.4) is 0 Å². The Labute approximate surface area is 177 Å². The fourth-order valence-electron chi connectivity index (χ4n) is 4.29. The highest BCUT2D eigenvalue weighted by Gasteiger charge is 2.52. The third-order valence-electron chi connectivity index (χ3n) is 6.25. The summed E-state index contributed by atoms with van der Waals surface area (Å²) in [5, 5.41) is 5.51. The Hall–Kier alpha value is -3.50. The average molecular weight is 428 g/mol. The number of anilines is 1. The maximum absolute atomic E-state index is 12.9. The standard InChI is InChI=1S/C20H24N6O5/c1-11-4-6-20(7-5-11)17(29)26(18(30)23-20)10-14(27)22-12-8-13-15(21-9-12)24(2)19(31)25(3)16(13)28/h8-9,11H,4-7,10H2,1-3H3,(H,22,27)(H,23,30). The molecule has 1 spiro atoms. The number of pyridine rings is 1. The molecule has 2 aromatic rings. The van der Waals surface area contributed by atoms with Crippen molar-refractivity contribution in [3.63, 3.8) is 0 Å². The van der Waals surface area contributed by atoms with Gasteiger partial charge in [0.25, 0.3) is 11.5 Å². The summed E-state index contributed by atoms with van der Waals surface area (Å²) in [6.45, 7) is 1.67. The lowest BCUT2D eigenvalue weighted by Gasteiger charge is -2.33. The van der Waals surface area contributed by atoms with Crippen LogP contribution in [-0.2, 0) is 23.7 Å². The summed E-state index contributed by atoms with van der Waals surface area (Å²) in [4.78, 5) is 67.2.